The van der Waals surface area contributed by atoms with Crippen LogP contribution in [0.3, 0.4) is 0 Å². The molecule has 11 aromatic rings. The number of hydrogen-bond donors (Lipinski definition) is 0. The van der Waals surface area contributed by atoms with Crippen LogP contribution in [0, 0.1) is 0 Å². The molecule has 11 rings (SSSR count). The highest BCUT2D eigenvalue weighted by molar-refractivity contribution is 6.32. The minimum Gasteiger partial charge on any atom is -0.309 e. The summed E-state index contributed by atoms with van der Waals surface area (Å²) < 4.78 is 2.41. The van der Waals surface area contributed by atoms with E-state index in [0.29, 0.717) is 5.82 Å². The Bertz CT molecular complexity index is 3150. The molecule has 0 aliphatic heterocycles. The molecule has 0 N–H and O–H groups in total. The lowest BCUT2D eigenvalue weighted by molar-refractivity contribution is 1.18. The minimum absolute atomic E-state index is 0.695. The molecule has 5 nitrogen and oxygen atoms in total. The van der Waals surface area contributed by atoms with Gasteiger partial charge < -0.3 is 4.57 Å². The Labute approximate surface area is 316 Å². The minimum atomic E-state index is 0.695. The molecule has 5 heteroatoms. The summed E-state index contributed by atoms with van der Waals surface area (Å²) >= 11 is 0. The maximum Gasteiger partial charge on any atom is 0.160 e. The Morgan fingerprint density at radius 2 is 0.927 bits per heavy atom. The van der Waals surface area contributed by atoms with E-state index in [2.05, 4.69) is 144 Å². The molecule has 0 saturated heterocycles. The van der Waals surface area contributed by atoms with Crippen molar-refractivity contribution >= 4 is 54.4 Å². The summed E-state index contributed by atoms with van der Waals surface area (Å²) in [6.07, 6.45) is 3.57. The lowest BCUT2D eigenvalue weighted by atomic mass is 9.97. The van der Waals surface area contributed by atoms with Crippen molar-refractivity contribution in [3.8, 4) is 50.7 Å². The van der Waals surface area contributed by atoms with Gasteiger partial charge in [-0.3, -0.25) is 9.97 Å². The number of rotatable bonds is 5. The average Bonchev–Trinajstić information content (AvgIpc) is 3.61. The van der Waals surface area contributed by atoms with E-state index in [9.17, 15) is 0 Å². The van der Waals surface area contributed by atoms with Crippen molar-refractivity contribution in [2.75, 3.05) is 0 Å². The third-order valence-electron chi connectivity index (χ3n) is 10.7. The molecule has 256 valence electrons. The van der Waals surface area contributed by atoms with Gasteiger partial charge in [0.05, 0.1) is 33.5 Å². The van der Waals surface area contributed by atoms with E-state index in [0.717, 1.165) is 72.2 Å². The quantitative estimate of drug-likeness (QED) is 0.168. The van der Waals surface area contributed by atoms with Gasteiger partial charge in [0.15, 0.2) is 5.82 Å². The molecule has 55 heavy (non-hydrogen) atoms. The monoisotopic (exact) mass is 701 g/mol. The highest BCUT2D eigenvalue weighted by Crippen LogP contribution is 2.42. The summed E-state index contributed by atoms with van der Waals surface area (Å²) in [4.78, 5) is 19.8. The zero-order valence-corrected chi connectivity index (χ0v) is 29.6. The molecule has 3 heterocycles. The van der Waals surface area contributed by atoms with E-state index < -0.39 is 0 Å². The number of benzene rings is 8. The fourth-order valence-electron chi connectivity index (χ4n) is 8.17. The van der Waals surface area contributed by atoms with Gasteiger partial charge in [0, 0.05) is 61.7 Å². The first-order chi connectivity index (χ1) is 27.3. The summed E-state index contributed by atoms with van der Waals surface area (Å²) in [5, 5.41) is 6.98. The Balaban J connectivity index is 1.06. The molecule has 0 saturated carbocycles. The van der Waals surface area contributed by atoms with Crippen LogP contribution in [0.4, 0.5) is 0 Å². The summed E-state index contributed by atoms with van der Waals surface area (Å²) in [6.45, 7) is 0. The first kappa shape index (κ1) is 31.1. The van der Waals surface area contributed by atoms with Crippen LogP contribution in [0.5, 0.6) is 0 Å². The maximum atomic E-state index is 5.08. The van der Waals surface area contributed by atoms with Crippen LogP contribution >= 0.6 is 0 Å². The van der Waals surface area contributed by atoms with Gasteiger partial charge in [-0.2, -0.15) is 0 Å². The van der Waals surface area contributed by atoms with Crippen molar-refractivity contribution in [1.29, 1.82) is 0 Å². The van der Waals surface area contributed by atoms with Gasteiger partial charge in [-0.05, 0) is 46.8 Å². The first-order valence-electron chi connectivity index (χ1n) is 18.5. The van der Waals surface area contributed by atoms with Crippen molar-refractivity contribution in [1.82, 2.24) is 24.5 Å². The lowest BCUT2D eigenvalue weighted by Crippen LogP contribution is -1.97. The first-order valence-corrected chi connectivity index (χ1v) is 18.5. The Morgan fingerprint density at radius 1 is 0.364 bits per heavy atom. The Kier molecular flexibility index (Phi) is 7.10. The van der Waals surface area contributed by atoms with E-state index in [4.69, 9.17) is 19.9 Å². The molecular weight excluding hydrogens is 671 g/mol. The van der Waals surface area contributed by atoms with Crippen molar-refractivity contribution < 1.29 is 0 Å². The van der Waals surface area contributed by atoms with Gasteiger partial charge in [0.25, 0.3) is 0 Å². The topological polar surface area (TPSA) is 56.5 Å². The van der Waals surface area contributed by atoms with Gasteiger partial charge in [-0.25, -0.2) is 9.97 Å². The fourth-order valence-corrected chi connectivity index (χ4v) is 8.17. The fraction of sp³-hybridized carbons (Fsp3) is 0. The van der Waals surface area contributed by atoms with E-state index in [1.54, 1.807) is 12.4 Å². The third kappa shape index (κ3) is 5.09. The van der Waals surface area contributed by atoms with Crippen molar-refractivity contribution in [2.24, 2.45) is 0 Å². The predicted molar refractivity (Wildman–Crippen MR) is 226 cm³/mol. The van der Waals surface area contributed by atoms with Crippen LogP contribution in [-0.2, 0) is 0 Å². The van der Waals surface area contributed by atoms with E-state index in [-0.39, 0.29) is 0 Å². The number of para-hydroxylation sites is 1. The normalized spacial score (nSPS) is 11.6. The van der Waals surface area contributed by atoms with Gasteiger partial charge in [0.2, 0.25) is 0 Å². The summed E-state index contributed by atoms with van der Waals surface area (Å²) in [5.41, 5.74) is 12.3. The van der Waals surface area contributed by atoms with Crippen LogP contribution in [0.25, 0.3) is 105 Å². The highest BCUT2D eigenvalue weighted by atomic mass is 15.0. The Morgan fingerprint density at radius 3 is 1.64 bits per heavy atom. The Hall–Kier alpha value is -7.50. The van der Waals surface area contributed by atoms with Crippen molar-refractivity contribution in [2.45, 2.75) is 0 Å². The zero-order valence-electron chi connectivity index (χ0n) is 29.6. The summed E-state index contributed by atoms with van der Waals surface area (Å²) in [7, 11) is 0. The molecule has 0 bridgehead atoms. The SMILES string of the molecule is c1ccc(-c2cc(-c3ccccc3)nc(-c3cccc(-c4ccc(-n5c6ccccc6c6ccc7c8nccnc8c8ccccc8c7c65)cc4)c3)n2)cc1. The molecular formula is C50H31N5. The number of hydrogen-bond acceptors (Lipinski definition) is 4. The molecule has 0 aliphatic carbocycles. The number of nitrogens with zero attached hydrogens (tertiary/aromatic N) is 5. The second kappa shape index (κ2) is 12.6. The van der Waals surface area contributed by atoms with E-state index >= 15 is 0 Å². The number of aromatic nitrogens is 5. The second-order valence-electron chi connectivity index (χ2n) is 13.9. The third-order valence-corrected chi connectivity index (χ3v) is 10.7. The molecule has 0 radical (unpaired) electrons. The van der Waals surface area contributed by atoms with Gasteiger partial charge in [0.1, 0.15) is 0 Å². The molecule has 3 aromatic heterocycles. The van der Waals surface area contributed by atoms with Crippen LogP contribution in [0.1, 0.15) is 0 Å². The van der Waals surface area contributed by atoms with Crippen LogP contribution in [0.2, 0.25) is 0 Å². The number of fused-ring (bicyclic) bond motifs is 10. The van der Waals surface area contributed by atoms with Crippen LogP contribution in [0.15, 0.2) is 188 Å². The molecule has 0 unspecified atom stereocenters. The van der Waals surface area contributed by atoms with Gasteiger partial charge >= 0.3 is 0 Å². The van der Waals surface area contributed by atoms with Crippen LogP contribution in [-0.4, -0.2) is 24.5 Å². The summed E-state index contributed by atoms with van der Waals surface area (Å²) in [6, 6.07) is 61.9. The van der Waals surface area contributed by atoms with E-state index in [1.807, 2.05) is 36.4 Å². The predicted octanol–water partition coefficient (Wildman–Crippen LogP) is 12.5. The second-order valence-corrected chi connectivity index (χ2v) is 13.9. The molecule has 0 spiro atoms. The molecule has 8 aromatic carbocycles. The molecule has 0 aliphatic rings. The molecule has 0 atom stereocenters. The smallest absolute Gasteiger partial charge is 0.160 e. The molecule has 0 fully saturated rings. The average molecular weight is 702 g/mol. The van der Waals surface area contributed by atoms with Crippen LogP contribution < -0.4 is 0 Å². The molecule has 0 amide bonds. The standard InChI is InChI=1S/C50H31N5/c1-3-12-33(13-4-1)43-31-44(34-14-5-2-6-15-34)54-50(53-43)36-17-11-16-35(30-36)32-22-24-37(25-23-32)55-45-21-10-9-18-38(45)41-26-27-42-46(49(41)55)39-19-7-8-20-40(39)47-48(42)52-29-28-51-47/h1-31H. The van der Waals surface area contributed by atoms with E-state index in [1.165, 1.54) is 27.1 Å². The maximum absolute atomic E-state index is 5.08. The van der Waals surface area contributed by atoms with Gasteiger partial charge in [-0.15, -0.1) is 0 Å². The zero-order chi connectivity index (χ0) is 36.3. The lowest BCUT2D eigenvalue weighted by Gasteiger charge is -2.14. The highest BCUT2D eigenvalue weighted by Gasteiger charge is 2.20. The largest absolute Gasteiger partial charge is 0.309 e. The van der Waals surface area contributed by atoms with Gasteiger partial charge in [-0.1, -0.05) is 146 Å². The van der Waals surface area contributed by atoms with Crippen molar-refractivity contribution in [3.63, 3.8) is 0 Å². The summed E-state index contributed by atoms with van der Waals surface area (Å²) in [5.74, 6) is 0.695. The van der Waals surface area contributed by atoms with Crippen molar-refractivity contribution in [3.05, 3.63) is 188 Å².